The largest absolute Gasteiger partial charge is 0.493 e. The Labute approximate surface area is 87.7 Å². The standard InChI is InChI=1S/C11H13NO3/c12-6-8-3-4-15-10-5-7(11(13)14)1-2-9(8)10/h1-2,5,8H,3-4,6,12H2,(H,13,14). The quantitative estimate of drug-likeness (QED) is 0.764. The monoisotopic (exact) mass is 207 g/mol. The van der Waals surface area contributed by atoms with Gasteiger partial charge in [0.2, 0.25) is 0 Å². The Morgan fingerprint density at radius 3 is 3.07 bits per heavy atom. The second kappa shape index (κ2) is 3.90. The molecule has 1 aliphatic rings. The average molecular weight is 207 g/mol. The van der Waals surface area contributed by atoms with E-state index in [1.54, 1.807) is 18.2 Å². The number of rotatable bonds is 2. The van der Waals surface area contributed by atoms with Crippen molar-refractivity contribution in [1.29, 1.82) is 0 Å². The van der Waals surface area contributed by atoms with Crippen molar-refractivity contribution in [3.8, 4) is 5.75 Å². The molecule has 4 heteroatoms. The minimum atomic E-state index is -0.934. The maximum absolute atomic E-state index is 10.8. The molecule has 2 rings (SSSR count). The fraction of sp³-hybridized carbons (Fsp3) is 0.364. The van der Waals surface area contributed by atoms with E-state index >= 15 is 0 Å². The maximum atomic E-state index is 10.8. The van der Waals surface area contributed by atoms with Gasteiger partial charge in [-0.3, -0.25) is 0 Å². The molecule has 0 aromatic heterocycles. The number of carbonyl (C=O) groups is 1. The predicted octanol–water partition coefficient (Wildman–Crippen LogP) is 1.21. The van der Waals surface area contributed by atoms with Gasteiger partial charge in [-0.15, -0.1) is 0 Å². The molecule has 3 N–H and O–H groups in total. The van der Waals surface area contributed by atoms with Crippen LogP contribution < -0.4 is 10.5 Å². The Morgan fingerprint density at radius 2 is 2.40 bits per heavy atom. The first-order valence-corrected chi connectivity index (χ1v) is 4.92. The molecule has 0 bridgehead atoms. The summed E-state index contributed by atoms with van der Waals surface area (Å²) in [7, 11) is 0. The van der Waals surface area contributed by atoms with Crippen molar-refractivity contribution in [3.05, 3.63) is 29.3 Å². The highest BCUT2D eigenvalue weighted by Crippen LogP contribution is 2.33. The van der Waals surface area contributed by atoms with Gasteiger partial charge in [0.25, 0.3) is 0 Å². The summed E-state index contributed by atoms with van der Waals surface area (Å²) in [6, 6.07) is 4.97. The van der Waals surface area contributed by atoms with Gasteiger partial charge in [0.15, 0.2) is 0 Å². The summed E-state index contributed by atoms with van der Waals surface area (Å²) in [5, 5.41) is 8.83. The van der Waals surface area contributed by atoms with Crippen molar-refractivity contribution in [2.75, 3.05) is 13.2 Å². The van der Waals surface area contributed by atoms with Crippen LogP contribution in [0.1, 0.15) is 28.3 Å². The second-order valence-electron chi connectivity index (χ2n) is 3.63. The van der Waals surface area contributed by atoms with Crippen molar-refractivity contribution in [2.45, 2.75) is 12.3 Å². The summed E-state index contributed by atoms with van der Waals surface area (Å²) in [4.78, 5) is 10.8. The van der Waals surface area contributed by atoms with Crippen LogP contribution in [-0.4, -0.2) is 24.2 Å². The lowest BCUT2D eigenvalue weighted by atomic mass is 9.92. The highest BCUT2D eigenvalue weighted by Gasteiger charge is 2.21. The number of carboxylic acid groups (broad SMARTS) is 1. The molecular weight excluding hydrogens is 194 g/mol. The van der Waals surface area contributed by atoms with Crippen LogP contribution in [0.15, 0.2) is 18.2 Å². The van der Waals surface area contributed by atoms with E-state index in [-0.39, 0.29) is 11.5 Å². The van der Waals surface area contributed by atoms with Crippen molar-refractivity contribution >= 4 is 5.97 Å². The van der Waals surface area contributed by atoms with E-state index in [0.29, 0.717) is 18.9 Å². The zero-order valence-corrected chi connectivity index (χ0v) is 8.27. The maximum Gasteiger partial charge on any atom is 0.335 e. The molecule has 4 nitrogen and oxygen atoms in total. The smallest absolute Gasteiger partial charge is 0.335 e. The van der Waals surface area contributed by atoms with Crippen LogP contribution >= 0.6 is 0 Å². The molecule has 0 fully saturated rings. The molecule has 1 heterocycles. The molecule has 0 saturated heterocycles. The molecule has 1 unspecified atom stereocenters. The lowest BCUT2D eigenvalue weighted by Gasteiger charge is -2.24. The van der Waals surface area contributed by atoms with Crippen molar-refractivity contribution < 1.29 is 14.6 Å². The van der Waals surface area contributed by atoms with Crippen LogP contribution in [0.5, 0.6) is 5.75 Å². The van der Waals surface area contributed by atoms with Gasteiger partial charge in [0, 0.05) is 5.92 Å². The zero-order valence-electron chi connectivity index (χ0n) is 8.27. The summed E-state index contributed by atoms with van der Waals surface area (Å²) in [5.74, 6) is 0.0180. The number of aromatic carboxylic acids is 1. The Bertz CT molecular complexity index is 389. The molecule has 0 amide bonds. The predicted molar refractivity (Wildman–Crippen MR) is 55.3 cm³/mol. The Hall–Kier alpha value is -1.55. The highest BCUT2D eigenvalue weighted by molar-refractivity contribution is 5.88. The van der Waals surface area contributed by atoms with E-state index in [2.05, 4.69) is 0 Å². The van der Waals surface area contributed by atoms with E-state index in [0.717, 1.165) is 12.0 Å². The first-order valence-electron chi connectivity index (χ1n) is 4.92. The van der Waals surface area contributed by atoms with Crippen LogP contribution in [0.4, 0.5) is 0 Å². The fourth-order valence-corrected chi connectivity index (χ4v) is 1.84. The molecule has 0 radical (unpaired) electrons. The van der Waals surface area contributed by atoms with Crippen molar-refractivity contribution in [1.82, 2.24) is 0 Å². The van der Waals surface area contributed by atoms with Crippen LogP contribution in [0, 0.1) is 0 Å². The first kappa shape index (κ1) is 9.98. The number of carboxylic acids is 1. The van der Waals surface area contributed by atoms with E-state index < -0.39 is 5.97 Å². The van der Waals surface area contributed by atoms with Crippen LogP contribution in [0.25, 0.3) is 0 Å². The first-order chi connectivity index (χ1) is 7.22. The average Bonchev–Trinajstić information content (AvgIpc) is 2.27. The van der Waals surface area contributed by atoms with Gasteiger partial charge in [0.05, 0.1) is 12.2 Å². The van der Waals surface area contributed by atoms with E-state index in [9.17, 15) is 4.79 Å². The summed E-state index contributed by atoms with van der Waals surface area (Å²) in [6.45, 7) is 1.18. The molecule has 1 aliphatic heterocycles. The third-order valence-electron chi connectivity index (χ3n) is 2.71. The van der Waals surface area contributed by atoms with E-state index in [1.165, 1.54) is 0 Å². The van der Waals surface area contributed by atoms with Crippen LogP contribution in [0.2, 0.25) is 0 Å². The lowest BCUT2D eigenvalue weighted by Crippen LogP contribution is -2.21. The number of nitrogens with two attached hydrogens (primary N) is 1. The van der Waals surface area contributed by atoms with E-state index in [1.807, 2.05) is 0 Å². The fourth-order valence-electron chi connectivity index (χ4n) is 1.84. The van der Waals surface area contributed by atoms with Gasteiger partial charge in [-0.25, -0.2) is 4.79 Å². The van der Waals surface area contributed by atoms with Gasteiger partial charge in [0.1, 0.15) is 5.75 Å². The minimum Gasteiger partial charge on any atom is -0.493 e. The number of hydrogen-bond acceptors (Lipinski definition) is 3. The highest BCUT2D eigenvalue weighted by atomic mass is 16.5. The molecule has 0 aliphatic carbocycles. The summed E-state index contributed by atoms with van der Waals surface area (Å²) < 4.78 is 5.43. The molecule has 1 atom stereocenters. The van der Waals surface area contributed by atoms with Crippen LogP contribution in [-0.2, 0) is 0 Å². The van der Waals surface area contributed by atoms with Gasteiger partial charge in [-0.05, 0) is 30.7 Å². The minimum absolute atomic E-state index is 0.256. The Balaban J connectivity index is 2.40. The van der Waals surface area contributed by atoms with Crippen molar-refractivity contribution in [3.63, 3.8) is 0 Å². The summed E-state index contributed by atoms with van der Waals surface area (Å²) >= 11 is 0. The van der Waals surface area contributed by atoms with Gasteiger partial charge < -0.3 is 15.6 Å². The molecule has 1 aromatic carbocycles. The second-order valence-corrected chi connectivity index (χ2v) is 3.63. The van der Waals surface area contributed by atoms with Gasteiger partial charge in [-0.2, -0.15) is 0 Å². The lowest BCUT2D eigenvalue weighted by molar-refractivity contribution is 0.0696. The van der Waals surface area contributed by atoms with Crippen molar-refractivity contribution in [2.24, 2.45) is 5.73 Å². The van der Waals surface area contributed by atoms with Crippen LogP contribution in [0.3, 0.4) is 0 Å². The Morgan fingerprint density at radius 1 is 1.60 bits per heavy atom. The third kappa shape index (κ3) is 1.80. The topological polar surface area (TPSA) is 72.5 Å². The number of hydrogen-bond donors (Lipinski definition) is 2. The molecule has 0 saturated carbocycles. The molecule has 1 aromatic rings. The Kier molecular flexibility index (Phi) is 2.60. The number of fused-ring (bicyclic) bond motifs is 1. The molecular formula is C11H13NO3. The molecule has 15 heavy (non-hydrogen) atoms. The summed E-state index contributed by atoms with van der Waals surface area (Å²) in [6.07, 6.45) is 0.899. The SMILES string of the molecule is NCC1CCOc2cc(C(=O)O)ccc21. The molecule has 80 valence electrons. The van der Waals surface area contributed by atoms with Gasteiger partial charge in [-0.1, -0.05) is 6.07 Å². The third-order valence-corrected chi connectivity index (χ3v) is 2.71. The normalized spacial score (nSPS) is 19.1. The number of benzene rings is 1. The molecule has 0 spiro atoms. The number of ether oxygens (including phenoxy) is 1. The summed E-state index contributed by atoms with van der Waals surface area (Å²) in [5.41, 5.74) is 6.92. The zero-order chi connectivity index (χ0) is 10.8. The van der Waals surface area contributed by atoms with E-state index in [4.69, 9.17) is 15.6 Å². The van der Waals surface area contributed by atoms with Gasteiger partial charge >= 0.3 is 5.97 Å².